The van der Waals surface area contributed by atoms with Gasteiger partial charge in [-0.1, -0.05) is 43.4 Å². The number of allylic oxidation sites excluding steroid dienone is 4. The molecular weight excluding hydrogens is 120 g/mol. The Balaban J connectivity index is 3.89. The van der Waals surface area contributed by atoms with Crippen LogP contribution in [-0.2, 0) is 0 Å². The van der Waals surface area contributed by atoms with E-state index >= 15 is 0 Å². The van der Waals surface area contributed by atoms with Gasteiger partial charge in [-0.15, -0.1) is 0 Å². The first-order chi connectivity index (χ1) is 4.54. The lowest BCUT2D eigenvalue weighted by molar-refractivity contribution is 0.867. The predicted octanol–water partition coefficient (Wildman–Crippen LogP) is 3.33. The molecular formula is C10H16. The van der Waals surface area contributed by atoms with Gasteiger partial charge in [-0.2, -0.15) is 0 Å². The average Bonchev–Trinajstić information content (AvgIpc) is 1.82. The van der Waals surface area contributed by atoms with Gasteiger partial charge in [0, 0.05) is 0 Å². The van der Waals surface area contributed by atoms with Gasteiger partial charge in [-0.25, -0.2) is 0 Å². The molecule has 0 aliphatic heterocycles. The van der Waals surface area contributed by atoms with Crippen LogP contribution in [0.15, 0.2) is 36.5 Å². The summed E-state index contributed by atoms with van der Waals surface area (Å²) in [4.78, 5) is 0. The van der Waals surface area contributed by atoms with Crippen molar-refractivity contribution in [1.82, 2.24) is 0 Å². The summed E-state index contributed by atoms with van der Waals surface area (Å²) >= 11 is 0. The Morgan fingerprint density at radius 2 is 1.80 bits per heavy atom. The summed E-state index contributed by atoms with van der Waals surface area (Å²) in [6, 6.07) is 0. The van der Waals surface area contributed by atoms with Crippen LogP contribution in [0.25, 0.3) is 0 Å². The minimum atomic E-state index is 0.469. The van der Waals surface area contributed by atoms with Gasteiger partial charge in [0.1, 0.15) is 0 Å². The lowest BCUT2D eigenvalue weighted by Crippen LogP contribution is -1.88. The van der Waals surface area contributed by atoms with E-state index in [0.29, 0.717) is 5.92 Å². The highest BCUT2D eigenvalue weighted by Gasteiger charge is 1.93. The standard InChI is InChI=1S/C10H16/c1-8(2)6-7-10(5)9(3)4/h6-7,10H,1,3H2,2,4-5H3/b7-6+. The molecule has 0 aromatic carbocycles. The molecule has 0 N–H and O–H groups in total. The van der Waals surface area contributed by atoms with Crippen LogP contribution in [0.2, 0.25) is 0 Å². The van der Waals surface area contributed by atoms with Gasteiger partial charge in [0.2, 0.25) is 0 Å². The van der Waals surface area contributed by atoms with Crippen LogP contribution in [0.3, 0.4) is 0 Å². The van der Waals surface area contributed by atoms with Gasteiger partial charge >= 0.3 is 0 Å². The Hall–Kier alpha value is -0.780. The molecule has 0 spiro atoms. The highest BCUT2D eigenvalue weighted by Crippen LogP contribution is 2.08. The number of rotatable bonds is 3. The van der Waals surface area contributed by atoms with Crippen LogP contribution in [0.4, 0.5) is 0 Å². The van der Waals surface area contributed by atoms with E-state index in [4.69, 9.17) is 0 Å². The third-order valence-electron chi connectivity index (χ3n) is 1.45. The lowest BCUT2D eigenvalue weighted by atomic mass is 10.0. The quantitative estimate of drug-likeness (QED) is 0.412. The number of hydrogen-bond donors (Lipinski definition) is 0. The molecule has 10 heavy (non-hydrogen) atoms. The molecule has 0 aliphatic carbocycles. The molecule has 0 nitrogen and oxygen atoms in total. The fourth-order valence-electron chi connectivity index (χ4n) is 0.473. The zero-order chi connectivity index (χ0) is 8.15. The zero-order valence-electron chi connectivity index (χ0n) is 7.15. The molecule has 0 bridgehead atoms. The van der Waals surface area contributed by atoms with E-state index in [1.807, 2.05) is 19.9 Å². The van der Waals surface area contributed by atoms with E-state index in [9.17, 15) is 0 Å². The molecule has 1 atom stereocenters. The van der Waals surface area contributed by atoms with Crippen molar-refractivity contribution in [1.29, 1.82) is 0 Å². The topological polar surface area (TPSA) is 0 Å². The van der Waals surface area contributed by atoms with Crippen LogP contribution in [0, 0.1) is 5.92 Å². The second-order valence-corrected chi connectivity index (χ2v) is 2.84. The average molecular weight is 136 g/mol. The van der Waals surface area contributed by atoms with Crippen LogP contribution < -0.4 is 0 Å². The van der Waals surface area contributed by atoms with Crippen molar-refractivity contribution in [2.24, 2.45) is 5.92 Å². The highest BCUT2D eigenvalue weighted by atomic mass is 14.0. The first kappa shape index (κ1) is 9.22. The normalized spacial score (nSPS) is 13.5. The van der Waals surface area contributed by atoms with Crippen LogP contribution >= 0.6 is 0 Å². The van der Waals surface area contributed by atoms with Crippen molar-refractivity contribution < 1.29 is 0 Å². The smallest absolute Gasteiger partial charge is 0.00539 e. The van der Waals surface area contributed by atoms with Gasteiger partial charge in [0.15, 0.2) is 0 Å². The summed E-state index contributed by atoms with van der Waals surface area (Å²) in [6.45, 7) is 13.8. The fraction of sp³-hybridized carbons (Fsp3) is 0.400. The molecule has 0 aromatic rings. The van der Waals surface area contributed by atoms with E-state index in [1.165, 1.54) is 5.57 Å². The third-order valence-corrected chi connectivity index (χ3v) is 1.45. The van der Waals surface area contributed by atoms with Crippen molar-refractivity contribution in [3.63, 3.8) is 0 Å². The molecule has 56 valence electrons. The molecule has 0 aromatic heterocycles. The van der Waals surface area contributed by atoms with Gasteiger partial charge in [-0.05, 0) is 19.8 Å². The maximum absolute atomic E-state index is 3.85. The largest absolute Gasteiger partial charge is 0.0996 e. The van der Waals surface area contributed by atoms with Crippen molar-refractivity contribution in [3.05, 3.63) is 36.5 Å². The lowest BCUT2D eigenvalue weighted by Gasteiger charge is -2.02. The van der Waals surface area contributed by atoms with E-state index < -0.39 is 0 Å². The molecule has 0 saturated heterocycles. The first-order valence-electron chi connectivity index (χ1n) is 3.53. The second-order valence-electron chi connectivity index (χ2n) is 2.84. The zero-order valence-corrected chi connectivity index (χ0v) is 7.15. The minimum absolute atomic E-state index is 0.469. The van der Waals surface area contributed by atoms with E-state index in [-0.39, 0.29) is 0 Å². The third kappa shape index (κ3) is 4.13. The number of hydrogen-bond acceptors (Lipinski definition) is 0. The minimum Gasteiger partial charge on any atom is -0.0996 e. The summed E-state index contributed by atoms with van der Waals surface area (Å²) in [5, 5.41) is 0. The predicted molar refractivity (Wildman–Crippen MR) is 47.9 cm³/mol. The Morgan fingerprint density at radius 3 is 2.10 bits per heavy atom. The Bertz CT molecular complexity index is 161. The van der Waals surface area contributed by atoms with Gasteiger partial charge in [0.25, 0.3) is 0 Å². The van der Waals surface area contributed by atoms with E-state index in [0.717, 1.165) is 5.57 Å². The summed E-state index contributed by atoms with van der Waals surface area (Å²) in [5.74, 6) is 0.469. The monoisotopic (exact) mass is 136 g/mol. The summed E-state index contributed by atoms with van der Waals surface area (Å²) in [5.41, 5.74) is 2.28. The van der Waals surface area contributed by atoms with Gasteiger partial charge in [-0.3, -0.25) is 0 Å². The Morgan fingerprint density at radius 1 is 1.30 bits per heavy atom. The van der Waals surface area contributed by atoms with Crippen LogP contribution in [0.1, 0.15) is 20.8 Å². The van der Waals surface area contributed by atoms with E-state index in [1.54, 1.807) is 0 Å². The summed E-state index contributed by atoms with van der Waals surface area (Å²) in [7, 11) is 0. The van der Waals surface area contributed by atoms with Crippen molar-refractivity contribution in [2.75, 3.05) is 0 Å². The second kappa shape index (κ2) is 4.10. The van der Waals surface area contributed by atoms with E-state index in [2.05, 4.69) is 26.2 Å². The SMILES string of the molecule is C=C(C)/C=C/C(C)C(=C)C. The summed E-state index contributed by atoms with van der Waals surface area (Å²) < 4.78 is 0. The molecule has 1 unspecified atom stereocenters. The molecule has 0 heteroatoms. The highest BCUT2D eigenvalue weighted by molar-refractivity contribution is 5.15. The Labute approximate surface area is 64.0 Å². The Kier molecular flexibility index (Phi) is 3.78. The maximum Gasteiger partial charge on any atom is -0.00539 e. The van der Waals surface area contributed by atoms with Crippen molar-refractivity contribution in [2.45, 2.75) is 20.8 Å². The van der Waals surface area contributed by atoms with Crippen molar-refractivity contribution in [3.8, 4) is 0 Å². The molecule has 0 fully saturated rings. The van der Waals surface area contributed by atoms with Gasteiger partial charge < -0.3 is 0 Å². The molecule has 0 rings (SSSR count). The van der Waals surface area contributed by atoms with Crippen molar-refractivity contribution >= 4 is 0 Å². The van der Waals surface area contributed by atoms with Gasteiger partial charge in [0.05, 0.1) is 0 Å². The maximum atomic E-state index is 3.85. The molecule has 0 radical (unpaired) electrons. The molecule has 0 heterocycles. The van der Waals surface area contributed by atoms with Crippen LogP contribution in [-0.4, -0.2) is 0 Å². The van der Waals surface area contributed by atoms with Crippen LogP contribution in [0.5, 0.6) is 0 Å². The molecule has 0 aliphatic rings. The fourth-order valence-corrected chi connectivity index (χ4v) is 0.473. The summed E-state index contributed by atoms with van der Waals surface area (Å²) in [6.07, 6.45) is 4.14. The molecule has 0 amide bonds. The first-order valence-corrected chi connectivity index (χ1v) is 3.53. The molecule has 0 saturated carbocycles.